The van der Waals surface area contributed by atoms with Crippen molar-refractivity contribution in [3.8, 4) is 0 Å². The van der Waals surface area contributed by atoms with E-state index in [0.717, 1.165) is 16.7 Å². The van der Waals surface area contributed by atoms with Gasteiger partial charge in [0.2, 0.25) is 0 Å². The smallest absolute Gasteiger partial charge is 0.116 e. The lowest BCUT2D eigenvalue weighted by atomic mass is 10.3. The summed E-state index contributed by atoms with van der Waals surface area (Å²) in [7, 11) is 0. The molecule has 0 aliphatic carbocycles. The fraction of sp³-hybridized carbons (Fsp3) is 0.300. The fourth-order valence-corrected chi connectivity index (χ4v) is 0.973. The minimum atomic E-state index is 0.854. The number of hydrogen-bond donors (Lipinski definition) is 0. The predicted octanol–water partition coefficient (Wildman–Crippen LogP) is 2.36. The molecule has 0 bridgehead atoms. The highest BCUT2D eigenvalue weighted by atomic mass is 14.9. The van der Waals surface area contributed by atoms with Crippen LogP contribution in [0.25, 0.3) is 11.0 Å². The molecular weight excluding hydrogens is 162 g/mol. The number of aryl methyl sites for hydroxylation is 1. The zero-order chi connectivity index (χ0) is 9.68. The Kier molecular flexibility index (Phi) is 3.31. The first-order valence-electron chi connectivity index (χ1n) is 4.39. The van der Waals surface area contributed by atoms with Crippen molar-refractivity contribution < 1.29 is 0 Å². The molecule has 0 atom stereocenters. The lowest BCUT2D eigenvalue weighted by Crippen LogP contribution is -1.85. The Bertz CT molecular complexity index is 385. The maximum atomic E-state index is 4.25. The topological polar surface area (TPSA) is 38.7 Å². The summed E-state index contributed by atoms with van der Waals surface area (Å²) >= 11 is 0. The zero-order valence-electron chi connectivity index (χ0n) is 8.15. The Labute approximate surface area is 77.9 Å². The van der Waals surface area contributed by atoms with Crippen molar-refractivity contribution in [2.45, 2.75) is 20.8 Å². The maximum Gasteiger partial charge on any atom is 0.116 e. The van der Waals surface area contributed by atoms with E-state index in [1.807, 2.05) is 32.9 Å². The molecule has 68 valence electrons. The van der Waals surface area contributed by atoms with E-state index in [9.17, 15) is 0 Å². The molecule has 0 aromatic carbocycles. The molecule has 13 heavy (non-hydrogen) atoms. The van der Waals surface area contributed by atoms with Crippen molar-refractivity contribution >= 4 is 11.0 Å². The van der Waals surface area contributed by atoms with Gasteiger partial charge in [-0.1, -0.05) is 13.8 Å². The molecule has 0 unspecified atom stereocenters. The number of hydrogen-bond acceptors (Lipinski definition) is 3. The molecule has 3 heteroatoms. The van der Waals surface area contributed by atoms with Crippen LogP contribution in [-0.4, -0.2) is 15.0 Å². The van der Waals surface area contributed by atoms with E-state index < -0.39 is 0 Å². The van der Waals surface area contributed by atoms with E-state index in [2.05, 4.69) is 15.0 Å². The van der Waals surface area contributed by atoms with Crippen LogP contribution in [0.1, 0.15) is 19.5 Å². The molecule has 0 spiro atoms. The monoisotopic (exact) mass is 175 g/mol. The molecule has 0 N–H and O–H groups in total. The van der Waals surface area contributed by atoms with Gasteiger partial charge in [0.25, 0.3) is 0 Å². The molecule has 2 heterocycles. The highest BCUT2D eigenvalue weighted by Crippen LogP contribution is 2.05. The Hall–Kier alpha value is -1.51. The Morgan fingerprint density at radius 1 is 1.08 bits per heavy atom. The van der Waals surface area contributed by atoms with Gasteiger partial charge in [-0.3, -0.25) is 0 Å². The van der Waals surface area contributed by atoms with Crippen LogP contribution >= 0.6 is 0 Å². The summed E-state index contributed by atoms with van der Waals surface area (Å²) in [5, 5.41) is 0. The van der Waals surface area contributed by atoms with Crippen LogP contribution in [0, 0.1) is 6.92 Å². The van der Waals surface area contributed by atoms with Crippen molar-refractivity contribution in [3.05, 3.63) is 30.4 Å². The van der Waals surface area contributed by atoms with Gasteiger partial charge < -0.3 is 0 Å². The molecule has 2 aromatic rings. The summed E-state index contributed by atoms with van der Waals surface area (Å²) in [5.41, 5.74) is 2.74. The number of nitrogens with zero attached hydrogens (tertiary/aromatic N) is 3. The third-order valence-corrected chi connectivity index (χ3v) is 1.50. The number of pyridine rings is 1. The van der Waals surface area contributed by atoms with Gasteiger partial charge in [-0.25, -0.2) is 15.0 Å². The SMILES string of the molecule is CC.Cc1ccc2ncncc2n1. The first kappa shape index (κ1) is 9.58. The van der Waals surface area contributed by atoms with E-state index >= 15 is 0 Å². The molecule has 0 aliphatic rings. The minimum absolute atomic E-state index is 0.854. The van der Waals surface area contributed by atoms with Gasteiger partial charge in [0.1, 0.15) is 11.8 Å². The second kappa shape index (κ2) is 4.50. The second-order valence-electron chi connectivity index (χ2n) is 2.38. The molecule has 0 amide bonds. The fourth-order valence-electron chi connectivity index (χ4n) is 0.973. The Balaban J connectivity index is 0.000000396. The van der Waals surface area contributed by atoms with Crippen molar-refractivity contribution in [3.63, 3.8) is 0 Å². The van der Waals surface area contributed by atoms with Crippen LogP contribution in [0.15, 0.2) is 24.7 Å². The first-order valence-corrected chi connectivity index (χ1v) is 4.39. The lowest BCUT2D eigenvalue weighted by Gasteiger charge is -1.94. The first-order chi connectivity index (χ1) is 6.36. The largest absolute Gasteiger partial charge is 0.250 e. The van der Waals surface area contributed by atoms with Crippen LogP contribution < -0.4 is 0 Å². The van der Waals surface area contributed by atoms with Crippen LogP contribution in [0.5, 0.6) is 0 Å². The van der Waals surface area contributed by atoms with Crippen LogP contribution in [0.2, 0.25) is 0 Å². The van der Waals surface area contributed by atoms with Gasteiger partial charge in [0.15, 0.2) is 0 Å². The predicted molar refractivity (Wildman–Crippen MR) is 53.4 cm³/mol. The van der Waals surface area contributed by atoms with E-state index in [4.69, 9.17) is 0 Å². The Morgan fingerprint density at radius 2 is 1.85 bits per heavy atom. The van der Waals surface area contributed by atoms with E-state index in [1.165, 1.54) is 6.33 Å². The summed E-state index contributed by atoms with van der Waals surface area (Å²) < 4.78 is 0. The zero-order valence-corrected chi connectivity index (χ0v) is 8.15. The molecule has 2 rings (SSSR count). The summed E-state index contributed by atoms with van der Waals surface area (Å²) in [4.78, 5) is 12.2. The van der Waals surface area contributed by atoms with Gasteiger partial charge in [-0.15, -0.1) is 0 Å². The molecule has 0 saturated heterocycles. The molecular formula is C10H13N3. The van der Waals surface area contributed by atoms with Crippen LogP contribution in [-0.2, 0) is 0 Å². The minimum Gasteiger partial charge on any atom is -0.250 e. The summed E-state index contributed by atoms with van der Waals surface area (Å²) in [6, 6.07) is 3.88. The summed E-state index contributed by atoms with van der Waals surface area (Å²) in [5.74, 6) is 0. The number of rotatable bonds is 0. The van der Waals surface area contributed by atoms with Crippen molar-refractivity contribution in [1.82, 2.24) is 15.0 Å². The van der Waals surface area contributed by atoms with Gasteiger partial charge in [-0.05, 0) is 19.1 Å². The summed E-state index contributed by atoms with van der Waals surface area (Å²) in [6.07, 6.45) is 3.24. The normalized spacial score (nSPS) is 9.15. The second-order valence-corrected chi connectivity index (χ2v) is 2.38. The third-order valence-electron chi connectivity index (χ3n) is 1.50. The van der Waals surface area contributed by atoms with Crippen LogP contribution in [0.4, 0.5) is 0 Å². The highest BCUT2D eigenvalue weighted by Gasteiger charge is 1.93. The molecule has 0 saturated carbocycles. The summed E-state index contributed by atoms with van der Waals surface area (Å²) in [6.45, 7) is 5.95. The molecule has 0 fully saturated rings. The standard InChI is InChI=1S/C8H7N3.C2H6/c1-6-2-3-7-8(11-6)4-9-5-10-7;1-2/h2-5H,1H3;1-2H3. The van der Waals surface area contributed by atoms with Gasteiger partial charge in [-0.2, -0.15) is 0 Å². The van der Waals surface area contributed by atoms with Crippen molar-refractivity contribution in [2.75, 3.05) is 0 Å². The average Bonchev–Trinajstić information content (AvgIpc) is 2.21. The average molecular weight is 175 g/mol. The highest BCUT2D eigenvalue weighted by molar-refractivity contribution is 5.72. The molecule has 2 aromatic heterocycles. The van der Waals surface area contributed by atoms with Crippen molar-refractivity contribution in [2.24, 2.45) is 0 Å². The Morgan fingerprint density at radius 3 is 2.62 bits per heavy atom. The molecule has 0 aliphatic heterocycles. The van der Waals surface area contributed by atoms with E-state index in [0.29, 0.717) is 0 Å². The van der Waals surface area contributed by atoms with Gasteiger partial charge in [0.05, 0.1) is 11.7 Å². The van der Waals surface area contributed by atoms with Crippen molar-refractivity contribution in [1.29, 1.82) is 0 Å². The van der Waals surface area contributed by atoms with Crippen LogP contribution in [0.3, 0.4) is 0 Å². The quantitative estimate of drug-likeness (QED) is 0.617. The molecule has 0 radical (unpaired) electrons. The number of aromatic nitrogens is 3. The van der Waals surface area contributed by atoms with Gasteiger partial charge >= 0.3 is 0 Å². The van der Waals surface area contributed by atoms with E-state index in [-0.39, 0.29) is 0 Å². The lowest BCUT2D eigenvalue weighted by molar-refractivity contribution is 1.17. The third kappa shape index (κ3) is 2.21. The van der Waals surface area contributed by atoms with Gasteiger partial charge in [0, 0.05) is 5.69 Å². The molecule has 3 nitrogen and oxygen atoms in total. The van der Waals surface area contributed by atoms with E-state index in [1.54, 1.807) is 6.20 Å². The maximum absolute atomic E-state index is 4.25. The number of fused-ring (bicyclic) bond motifs is 1.